The molecule has 1 aromatic carbocycles. The second-order valence-electron chi connectivity index (χ2n) is 8.71. The normalized spacial score (nSPS) is 18.6. The van der Waals surface area contributed by atoms with Gasteiger partial charge in [0.1, 0.15) is 6.04 Å². The predicted octanol–water partition coefficient (Wildman–Crippen LogP) is 3.11. The Kier molecular flexibility index (Phi) is 8.30. The maximum absolute atomic E-state index is 12.9. The van der Waals surface area contributed by atoms with Crippen LogP contribution in [0.3, 0.4) is 0 Å². The first kappa shape index (κ1) is 23.4. The molecular formula is C21H34ClN3O2. The summed E-state index contributed by atoms with van der Waals surface area (Å²) < 4.78 is 0. The number of likely N-dealkylation sites (tertiary alicyclic amines) is 1. The highest BCUT2D eigenvalue weighted by Gasteiger charge is 2.31. The highest BCUT2D eigenvalue weighted by molar-refractivity contribution is 5.97. The maximum Gasteiger partial charge on any atom is 0.251 e. The number of halogens is 1. The molecule has 0 aromatic heterocycles. The summed E-state index contributed by atoms with van der Waals surface area (Å²) in [6.07, 6.45) is 1.86. The SMILES string of the molecule is CC(C)C(NC(=O)c1ccc(C(C)(C)C)cc1)C(=O)N1CCCC(N)C1.Cl. The Morgan fingerprint density at radius 2 is 1.78 bits per heavy atom. The van der Waals surface area contributed by atoms with Gasteiger partial charge < -0.3 is 16.0 Å². The van der Waals surface area contributed by atoms with E-state index in [-0.39, 0.29) is 41.6 Å². The zero-order valence-electron chi connectivity index (χ0n) is 17.1. The van der Waals surface area contributed by atoms with E-state index in [1.165, 1.54) is 5.56 Å². The van der Waals surface area contributed by atoms with Crippen molar-refractivity contribution in [2.24, 2.45) is 11.7 Å². The molecular weight excluding hydrogens is 362 g/mol. The molecule has 0 aliphatic carbocycles. The van der Waals surface area contributed by atoms with E-state index in [1.54, 1.807) is 4.90 Å². The van der Waals surface area contributed by atoms with Gasteiger partial charge in [0.15, 0.2) is 0 Å². The van der Waals surface area contributed by atoms with E-state index in [2.05, 4.69) is 26.1 Å². The molecule has 0 radical (unpaired) electrons. The van der Waals surface area contributed by atoms with Crippen molar-refractivity contribution in [3.63, 3.8) is 0 Å². The van der Waals surface area contributed by atoms with Gasteiger partial charge in [-0.25, -0.2) is 0 Å². The number of nitrogens with two attached hydrogens (primary N) is 1. The van der Waals surface area contributed by atoms with E-state index in [1.807, 2.05) is 38.1 Å². The van der Waals surface area contributed by atoms with Gasteiger partial charge in [-0.1, -0.05) is 46.8 Å². The summed E-state index contributed by atoms with van der Waals surface area (Å²) in [6.45, 7) is 11.6. The second-order valence-corrected chi connectivity index (χ2v) is 8.71. The monoisotopic (exact) mass is 395 g/mol. The number of hydrogen-bond donors (Lipinski definition) is 2. The van der Waals surface area contributed by atoms with Crippen molar-refractivity contribution >= 4 is 24.2 Å². The summed E-state index contributed by atoms with van der Waals surface area (Å²) >= 11 is 0. The first-order chi connectivity index (χ1) is 12.1. The molecule has 152 valence electrons. The van der Waals surface area contributed by atoms with Crippen molar-refractivity contribution in [2.75, 3.05) is 13.1 Å². The molecule has 1 aliphatic rings. The average Bonchev–Trinajstić information content (AvgIpc) is 2.58. The first-order valence-electron chi connectivity index (χ1n) is 9.55. The van der Waals surface area contributed by atoms with Gasteiger partial charge in [0, 0.05) is 24.7 Å². The highest BCUT2D eigenvalue weighted by atomic mass is 35.5. The summed E-state index contributed by atoms with van der Waals surface area (Å²) in [5.41, 5.74) is 7.79. The molecule has 1 saturated heterocycles. The summed E-state index contributed by atoms with van der Waals surface area (Å²) in [7, 11) is 0. The highest BCUT2D eigenvalue weighted by Crippen LogP contribution is 2.22. The van der Waals surface area contributed by atoms with Gasteiger partial charge in [-0.2, -0.15) is 0 Å². The van der Waals surface area contributed by atoms with Crippen molar-refractivity contribution in [2.45, 2.75) is 65.0 Å². The topological polar surface area (TPSA) is 75.4 Å². The fourth-order valence-electron chi connectivity index (χ4n) is 3.27. The van der Waals surface area contributed by atoms with Gasteiger partial charge in [-0.3, -0.25) is 9.59 Å². The van der Waals surface area contributed by atoms with Crippen LogP contribution in [-0.2, 0) is 10.2 Å². The molecule has 0 saturated carbocycles. The zero-order chi connectivity index (χ0) is 19.5. The quantitative estimate of drug-likeness (QED) is 0.822. The van der Waals surface area contributed by atoms with Crippen LogP contribution in [0, 0.1) is 5.92 Å². The van der Waals surface area contributed by atoms with Crippen LogP contribution in [0.15, 0.2) is 24.3 Å². The van der Waals surface area contributed by atoms with Crippen molar-refractivity contribution in [1.82, 2.24) is 10.2 Å². The minimum atomic E-state index is -0.532. The largest absolute Gasteiger partial charge is 0.340 e. The Morgan fingerprint density at radius 1 is 1.19 bits per heavy atom. The Bertz CT molecular complexity index is 638. The molecule has 1 aliphatic heterocycles. The molecule has 2 amide bonds. The smallest absolute Gasteiger partial charge is 0.251 e. The lowest BCUT2D eigenvalue weighted by molar-refractivity contribution is -0.135. The molecule has 6 heteroatoms. The third-order valence-electron chi connectivity index (χ3n) is 5.00. The molecule has 1 heterocycles. The van der Waals surface area contributed by atoms with E-state index in [9.17, 15) is 9.59 Å². The van der Waals surface area contributed by atoms with Crippen molar-refractivity contribution in [3.05, 3.63) is 35.4 Å². The van der Waals surface area contributed by atoms with Gasteiger partial charge in [0.2, 0.25) is 5.91 Å². The van der Waals surface area contributed by atoms with E-state index in [4.69, 9.17) is 5.73 Å². The molecule has 27 heavy (non-hydrogen) atoms. The lowest BCUT2D eigenvalue weighted by atomic mass is 9.86. The molecule has 1 fully saturated rings. The molecule has 3 N–H and O–H groups in total. The summed E-state index contributed by atoms with van der Waals surface area (Å²) in [6, 6.07) is 7.11. The number of carbonyl (C=O) groups excluding carboxylic acids is 2. The average molecular weight is 396 g/mol. The Labute approximate surface area is 169 Å². The number of amides is 2. The fourth-order valence-corrected chi connectivity index (χ4v) is 3.27. The Hall–Kier alpha value is -1.59. The van der Waals surface area contributed by atoms with Crippen LogP contribution >= 0.6 is 12.4 Å². The number of nitrogens with one attached hydrogen (secondary N) is 1. The van der Waals surface area contributed by atoms with Crippen molar-refractivity contribution < 1.29 is 9.59 Å². The minimum Gasteiger partial charge on any atom is -0.340 e. The molecule has 1 aromatic rings. The number of carbonyl (C=O) groups is 2. The second kappa shape index (κ2) is 9.56. The van der Waals surface area contributed by atoms with Gasteiger partial charge >= 0.3 is 0 Å². The molecule has 0 bridgehead atoms. The van der Waals surface area contributed by atoms with Gasteiger partial charge in [-0.05, 0) is 41.9 Å². The van der Waals surface area contributed by atoms with Gasteiger partial charge in [0.25, 0.3) is 5.91 Å². The summed E-state index contributed by atoms with van der Waals surface area (Å²) in [5.74, 6) is -0.230. The lowest BCUT2D eigenvalue weighted by Crippen LogP contribution is -2.55. The molecule has 2 rings (SSSR count). The van der Waals surface area contributed by atoms with Crippen LogP contribution in [0.4, 0.5) is 0 Å². The molecule has 2 atom stereocenters. The van der Waals surface area contributed by atoms with E-state index >= 15 is 0 Å². The number of nitrogens with zero attached hydrogens (tertiary/aromatic N) is 1. The van der Waals surface area contributed by atoms with E-state index in [0.717, 1.165) is 12.8 Å². The van der Waals surface area contributed by atoms with Crippen LogP contribution in [0.5, 0.6) is 0 Å². The van der Waals surface area contributed by atoms with Crippen LogP contribution in [0.2, 0.25) is 0 Å². The van der Waals surface area contributed by atoms with Gasteiger partial charge in [0.05, 0.1) is 0 Å². The number of benzene rings is 1. The lowest BCUT2D eigenvalue weighted by Gasteiger charge is -2.34. The third-order valence-corrected chi connectivity index (χ3v) is 5.00. The van der Waals surface area contributed by atoms with Crippen LogP contribution < -0.4 is 11.1 Å². The van der Waals surface area contributed by atoms with Crippen LogP contribution in [-0.4, -0.2) is 41.9 Å². The summed E-state index contributed by atoms with van der Waals surface area (Å²) in [4.78, 5) is 27.4. The number of hydrogen-bond acceptors (Lipinski definition) is 3. The fraction of sp³-hybridized carbons (Fsp3) is 0.619. The molecule has 2 unspecified atom stereocenters. The van der Waals surface area contributed by atoms with E-state index in [0.29, 0.717) is 18.7 Å². The molecule has 0 spiro atoms. The maximum atomic E-state index is 12.9. The Morgan fingerprint density at radius 3 is 2.26 bits per heavy atom. The zero-order valence-corrected chi connectivity index (χ0v) is 17.9. The van der Waals surface area contributed by atoms with Crippen molar-refractivity contribution in [1.29, 1.82) is 0 Å². The van der Waals surface area contributed by atoms with Crippen LogP contribution in [0.25, 0.3) is 0 Å². The first-order valence-corrected chi connectivity index (χ1v) is 9.55. The minimum absolute atomic E-state index is 0. The van der Waals surface area contributed by atoms with Gasteiger partial charge in [-0.15, -0.1) is 12.4 Å². The standard InChI is InChI=1S/C21H33N3O2.ClH/c1-14(2)18(20(26)24-12-6-7-17(22)13-24)23-19(25)15-8-10-16(11-9-15)21(3,4)5;/h8-11,14,17-18H,6-7,12-13,22H2,1-5H3,(H,23,25);1H. The molecule has 5 nitrogen and oxygen atoms in total. The number of rotatable bonds is 4. The van der Waals surface area contributed by atoms with E-state index < -0.39 is 6.04 Å². The predicted molar refractivity (Wildman–Crippen MR) is 112 cm³/mol. The Balaban J connectivity index is 0.00000364. The summed E-state index contributed by atoms with van der Waals surface area (Å²) in [5, 5.41) is 2.93. The van der Waals surface area contributed by atoms with Crippen LogP contribution in [0.1, 0.15) is 63.4 Å². The van der Waals surface area contributed by atoms with Crippen molar-refractivity contribution in [3.8, 4) is 0 Å². The third kappa shape index (κ3) is 6.22. The number of piperidine rings is 1.